The predicted octanol–water partition coefficient (Wildman–Crippen LogP) is 1.47. The first-order valence-electron chi connectivity index (χ1n) is 6.78. The Bertz CT molecular complexity index is 551. The Balaban J connectivity index is 1.87. The van der Waals surface area contributed by atoms with Crippen LogP contribution in [0.5, 0.6) is 0 Å². The molecular weight excluding hydrogens is 262 g/mol. The van der Waals surface area contributed by atoms with Gasteiger partial charge in [-0.1, -0.05) is 0 Å². The number of nitrogens with two attached hydrogens (primary N) is 1. The van der Waals surface area contributed by atoms with E-state index in [0.29, 0.717) is 24.9 Å². The maximum Gasteiger partial charge on any atom is 0.262 e. The van der Waals surface area contributed by atoms with Crippen molar-refractivity contribution in [2.45, 2.75) is 30.7 Å². The first kappa shape index (κ1) is 12.9. The topological polar surface area (TPSA) is 76.3 Å². The maximum atomic E-state index is 12.7. The van der Waals surface area contributed by atoms with Crippen LogP contribution in [0.15, 0.2) is 23.4 Å². The molecule has 0 saturated heterocycles. The second kappa shape index (κ2) is 4.76. The van der Waals surface area contributed by atoms with Gasteiger partial charge in [-0.25, -0.2) is 13.4 Å². The van der Waals surface area contributed by atoms with E-state index in [-0.39, 0.29) is 10.7 Å². The van der Waals surface area contributed by atoms with Crippen molar-refractivity contribution in [2.24, 2.45) is 11.8 Å². The molecule has 1 aromatic rings. The monoisotopic (exact) mass is 281 g/mol. The van der Waals surface area contributed by atoms with Gasteiger partial charge in [-0.15, -0.1) is 0 Å². The summed E-state index contributed by atoms with van der Waals surface area (Å²) in [5, 5.41) is 0.0105. The third-order valence-electron chi connectivity index (χ3n) is 3.70. The number of aromatic nitrogens is 1. The number of hydrogen-bond acceptors (Lipinski definition) is 4. The molecule has 2 N–H and O–H groups in total. The van der Waals surface area contributed by atoms with E-state index in [1.807, 2.05) is 0 Å². The zero-order valence-corrected chi connectivity index (χ0v) is 11.6. The Hall–Kier alpha value is -1.14. The fourth-order valence-corrected chi connectivity index (χ4v) is 3.81. The highest BCUT2D eigenvalue weighted by atomic mass is 32.2. The van der Waals surface area contributed by atoms with Gasteiger partial charge in [0, 0.05) is 19.3 Å². The summed E-state index contributed by atoms with van der Waals surface area (Å²) in [5.41, 5.74) is 6.00. The van der Waals surface area contributed by atoms with Gasteiger partial charge in [-0.05, 0) is 49.7 Å². The molecule has 0 aromatic carbocycles. The van der Waals surface area contributed by atoms with Crippen LogP contribution in [0.4, 0.5) is 5.69 Å². The zero-order chi connectivity index (χ0) is 13.5. The molecule has 2 aliphatic rings. The number of nitrogens with zero attached hydrogens (tertiary/aromatic N) is 2. The number of sulfonamides is 1. The molecule has 0 spiro atoms. The summed E-state index contributed by atoms with van der Waals surface area (Å²) in [6.45, 7) is 1.24. The summed E-state index contributed by atoms with van der Waals surface area (Å²) < 4.78 is 26.9. The van der Waals surface area contributed by atoms with Crippen LogP contribution < -0.4 is 5.73 Å². The summed E-state index contributed by atoms with van der Waals surface area (Å²) in [6, 6.07) is 3.24. The van der Waals surface area contributed by atoms with E-state index in [4.69, 9.17) is 5.73 Å². The normalized spacial score (nSPS) is 19.8. The molecule has 2 saturated carbocycles. The van der Waals surface area contributed by atoms with Crippen LogP contribution in [-0.4, -0.2) is 30.8 Å². The molecule has 0 atom stereocenters. The van der Waals surface area contributed by atoms with E-state index in [1.165, 1.54) is 6.20 Å². The van der Waals surface area contributed by atoms with Crippen LogP contribution in [0, 0.1) is 11.8 Å². The Morgan fingerprint density at radius 2 is 1.79 bits per heavy atom. The molecule has 0 aliphatic heterocycles. The summed E-state index contributed by atoms with van der Waals surface area (Å²) in [4.78, 5) is 3.97. The van der Waals surface area contributed by atoms with E-state index in [1.54, 1.807) is 16.4 Å². The molecular formula is C13H19N3O2S. The van der Waals surface area contributed by atoms with Gasteiger partial charge in [0.05, 0.1) is 5.69 Å². The average Bonchev–Trinajstić information content (AvgIpc) is 3.23. The lowest BCUT2D eigenvalue weighted by molar-refractivity contribution is 0.381. The maximum absolute atomic E-state index is 12.7. The quantitative estimate of drug-likeness (QED) is 0.856. The molecule has 19 heavy (non-hydrogen) atoms. The van der Waals surface area contributed by atoms with Crippen molar-refractivity contribution in [1.82, 2.24) is 9.29 Å². The number of nitrogen functional groups attached to an aromatic ring is 1. The van der Waals surface area contributed by atoms with Gasteiger partial charge in [0.2, 0.25) is 0 Å². The molecule has 1 aromatic heterocycles. The van der Waals surface area contributed by atoms with Crippen LogP contribution in [0.1, 0.15) is 25.7 Å². The summed E-state index contributed by atoms with van der Waals surface area (Å²) in [5.74, 6) is 1.05. The third kappa shape index (κ3) is 2.90. The van der Waals surface area contributed by atoms with Crippen LogP contribution in [0.3, 0.4) is 0 Å². The second-order valence-corrected chi connectivity index (χ2v) is 7.46. The van der Waals surface area contributed by atoms with E-state index in [9.17, 15) is 8.42 Å². The minimum atomic E-state index is -3.54. The zero-order valence-electron chi connectivity index (χ0n) is 10.8. The molecule has 2 aliphatic carbocycles. The summed E-state index contributed by atoms with van der Waals surface area (Å²) in [6.07, 6.45) is 6.02. The van der Waals surface area contributed by atoms with Gasteiger partial charge in [0.25, 0.3) is 10.0 Å². The number of pyridine rings is 1. The Morgan fingerprint density at radius 3 is 2.26 bits per heavy atom. The highest BCUT2D eigenvalue weighted by molar-refractivity contribution is 7.89. The summed E-state index contributed by atoms with van der Waals surface area (Å²) >= 11 is 0. The highest BCUT2D eigenvalue weighted by Gasteiger charge is 2.36. The van der Waals surface area contributed by atoms with Crippen molar-refractivity contribution in [1.29, 1.82) is 0 Å². The average molecular weight is 281 g/mol. The lowest BCUT2D eigenvalue weighted by Crippen LogP contribution is -2.35. The Morgan fingerprint density at radius 1 is 1.21 bits per heavy atom. The van der Waals surface area contributed by atoms with E-state index in [2.05, 4.69) is 4.98 Å². The Labute approximate surface area is 113 Å². The first-order valence-corrected chi connectivity index (χ1v) is 8.22. The minimum Gasteiger partial charge on any atom is -0.396 e. The van der Waals surface area contributed by atoms with Gasteiger partial charge in [-0.2, -0.15) is 4.31 Å². The van der Waals surface area contributed by atoms with E-state index < -0.39 is 10.0 Å². The number of rotatable bonds is 6. The lowest BCUT2D eigenvalue weighted by atomic mass is 10.4. The molecule has 0 amide bonds. The predicted molar refractivity (Wildman–Crippen MR) is 72.9 cm³/mol. The SMILES string of the molecule is Nc1cccnc1S(=O)(=O)N(CC1CC1)CC1CC1. The number of anilines is 1. The molecule has 0 bridgehead atoms. The van der Waals surface area contributed by atoms with Gasteiger partial charge in [0.15, 0.2) is 5.03 Å². The largest absolute Gasteiger partial charge is 0.396 e. The van der Waals surface area contributed by atoms with Crippen molar-refractivity contribution >= 4 is 15.7 Å². The molecule has 0 unspecified atom stereocenters. The Kier molecular flexibility index (Phi) is 3.22. The van der Waals surface area contributed by atoms with Crippen LogP contribution in [0.2, 0.25) is 0 Å². The molecule has 104 valence electrons. The van der Waals surface area contributed by atoms with E-state index >= 15 is 0 Å². The fourth-order valence-electron chi connectivity index (χ4n) is 2.19. The standard InChI is InChI=1S/C13H19N3O2S/c14-12-2-1-7-15-13(12)19(17,18)16(8-10-3-4-10)9-11-5-6-11/h1-2,7,10-11H,3-6,8-9,14H2. The smallest absolute Gasteiger partial charge is 0.262 e. The van der Waals surface area contributed by atoms with Crippen molar-refractivity contribution in [3.63, 3.8) is 0 Å². The van der Waals surface area contributed by atoms with Crippen molar-refractivity contribution in [3.8, 4) is 0 Å². The molecule has 3 rings (SSSR count). The van der Waals surface area contributed by atoms with Crippen molar-refractivity contribution < 1.29 is 8.42 Å². The minimum absolute atomic E-state index is 0.0105. The van der Waals surface area contributed by atoms with Gasteiger partial charge < -0.3 is 5.73 Å². The van der Waals surface area contributed by atoms with Crippen molar-refractivity contribution in [2.75, 3.05) is 18.8 Å². The van der Waals surface area contributed by atoms with Crippen LogP contribution in [0.25, 0.3) is 0 Å². The van der Waals surface area contributed by atoms with Gasteiger partial charge >= 0.3 is 0 Å². The van der Waals surface area contributed by atoms with Crippen molar-refractivity contribution in [3.05, 3.63) is 18.3 Å². The molecule has 2 fully saturated rings. The second-order valence-electron chi connectivity index (χ2n) is 5.61. The van der Waals surface area contributed by atoms with Crippen LogP contribution >= 0.6 is 0 Å². The molecule has 0 radical (unpaired) electrons. The van der Waals surface area contributed by atoms with Gasteiger partial charge in [0.1, 0.15) is 0 Å². The molecule has 5 nitrogen and oxygen atoms in total. The fraction of sp³-hybridized carbons (Fsp3) is 0.615. The molecule has 1 heterocycles. The highest BCUT2D eigenvalue weighted by Crippen LogP contribution is 2.36. The lowest BCUT2D eigenvalue weighted by Gasteiger charge is -2.22. The first-order chi connectivity index (χ1) is 9.07. The third-order valence-corrected chi connectivity index (χ3v) is 5.51. The summed E-state index contributed by atoms with van der Waals surface area (Å²) in [7, 11) is -3.54. The molecule has 6 heteroatoms. The van der Waals surface area contributed by atoms with E-state index in [0.717, 1.165) is 25.7 Å². The number of hydrogen-bond donors (Lipinski definition) is 1. The van der Waals surface area contributed by atoms with Crippen LogP contribution in [-0.2, 0) is 10.0 Å². The van der Waals surface area contributed by atoms with Gasteiger partial charge in [-0.3, -0.25) is 0 Å².